The number of benzene rings is 2. The minimum Gasteiger partial charge on any atom is -0.493 e. The van der Waals surface area contributed by atoms with Crippen molar-refractivity contribution in [1.82, 2.24) is 14.3 Å². The van der Waals surface area contributed by atoms with Gasteiger partial charge in [-0.15, -0.1) is 0 Å². The van der Waals surface area contributed by atoms with Crippen LogP contribution in [0, 0.1) is 11.6 Å². The van der Waals surface area contributed by atoms with Gasteiger partial charge in [-0.1, -0.05) is 18.6 Å². The molecular formula is C22H22F2N4O3S2. The maximum absolute atomic E-state index is 15.1. The van der Waals surface area contributed by atoms with Crippen molar-refractivity contribution < 1.29 is 21.9 Å². The number of nitrogens with zero attached hydrogens (tertiary/aromatic N) is 3. The SMILES string of the molecule is O=S(=O)(Nc1ncns1)c1cc2c(cc1F)[C@@H](N1CCCC[C@H]1c1ccc(F)cc1)CCO2. The van der Waals surface area contributed by atoms with Gasteiger partial charge in [-0.2, -0.15) is 4.37 Å². The molecule has 7 nitrogen and oxygen atoms in total. The Morgan fingerprint density at radius 1 is 1.09 bits per heavy atom. The van der Waals surface area contributed by atoms with Crippen molar-refractivity contribution in [2.24, 2.45) is 0 Å². The van der Waals surface area contributed by atoms with Gasteiger partial charge in [0, 0.05) is 41.7 Å². The summed E-state index contributed by atoms with van der Waals surface area (Å²) in [5.41, 5.74) is 1.65. The van der Waals surface area contributed by atoms with Gasteiger partial charge in [0.2, 0.25) is 5.13 Å². The van der Waals surface area contributed by atoms with Crippen LogP contribution in [0.1, 0.15) is 48.9 Å². The zero-order valence-corrected chi connectivity index (χ0v) is 19.2. The molecule has 3 heterocycles. The average Bonchev–Trinajstić information content (AvgIpc) is 3.31. The van der Waals surface area contributed by atoms with Crippen LogP contribution in [0.2, 0.25) is 0 Å². The molecule has 0 radical (unpaired) electrons. The molecule has 0 amide bonds. The first-order chi connectivity index (χ1) is 15.9. The molecule has 3 aromatic rings. The number of likely N-dealkylation sites (tertiary alicyclic amines) is 1. The van der Waals surface area contributed by atoms with Crippen molar-refractivity contribution in [3.05, 3.63) is 65.5 Å². The largest absolute Gasteiger partial charge is 0.493 e. The zero-order chi connectivity index (χ0) is 23.0. The Morgan fingerprint density at radius 3 is 2.67 bits per heavy atom. The molecule has 2 aliphatic heterocycles. The fourth-order valence-electron chi connectivity index (χ4n) is 4.68. The van der Waals surface area contributed by atoms with Crippen molar-refractivity contribution in [3.63, 3.8) is 0 Å². The van der Waals surface area contributed by atoms with E-state index < -0.39 is 20.7 Å². The molecule has 2 aromatic carbocycles. The van der Waals surface area contributed by atoms with E-state index in [-0.39, 0.29) is 23.0 Å². The van der Waals surface area contributed by atoms with E-state index in [4.69, 9.17) is 4.74 Å². The Morgan fingerprint density at radius 2 is 1.91 bits per heavy atom. The van der Waals surface area contributed by atoms with Crippen LogP contribution in [0.15, 0.2) is 47.6 Å². The predicted octanol–water partition coefficient (Wildman–Crippen LogP) is 4.67. The minimum atomic E-state index is -4.19. The standard InChI is InChI=1S/C22H22F2N4O3S2/c23-15-6-4-14(5-7-15)18-3-1-2-9-28(18)19-8-10-31-20-12-21(17(24)11-16(19)20)33(29,30)27-22-25-13-26-32-22/h4-7,11-13,18-19H,1-3,8-10H2,(H,25,26,27)/t18-,19-/m0/s1. The lowest BCUT2D eigenvalue weighted by Crippen LogP contribution is -2.39. The van der Waals surface area contributed by atoms with Gasteiger partial charge in [0.15, 0.2) is 0 Å². The van der Waals surface area contributed by atoms with E-state index in [1.807, 2.05) is 0 Å². The number of piperidine rings is 1. The molecule has 0 saturated carbocycles. The molecule has 2 atom stereocenters. The highest BCUT2D eigenvalue weighted by molar-refractivity contribution is 7.93. The van der Waals surface area contributed by atoms with Gasteiger partial charge in [0.25, 0.3) is 10.0 Å². The fraction of sp³-hybridized carbons (Fsp3) is 0.364. The van der Waals surface area contributed by atoms with E-state index in [1.54, 1.807) is 12.1 Å². The highest BCUT2D eigenvalue weighted by Gasteiger charge is 2.36. The smallest absolute Gasteiger partial charge is 0.266 e. The van der Waals surface area contributed by atoms with Crippen LogP contribution >= 0.6 is 11.5 Å². The maximum atomic E-state index is 15.1. The Balaban J connectivity index is 1.48. The number of fused-ring (bicyclic) bond motifs is 1. The second kappa shape index (κ2) is 8.96. The summed E-state index contributed by atoms with van der Waals surface area (Å²) < 4.78 is 65.9. The van der Waals surface area contributed by atoms with Gasteiger partial charge in [0.05, 0.1) is 6.61 Å². The molecular weight excluding hydrogens is 470 g/mol. The first kappa shape index (κ1) is 22.2. The van der Waals surface area contributed by atoms with E-state index in [1.165, 1.54) is 30.6 Å². The molecule has 0 unspecified atom stereocenters. The molecule has 1 N–H and O–H groups in total. The lowest BCUT2D eigenvalue weighted by Gasteiger charge is -2.43. The second-order valence-corrected chi connectivity index (χ2v) is 10.6. The Kier molecular flexibility index (Phi) is 6.02. The van der Waals surface area contributed by atoms with Gasteiger partial charge >= 0.3 is 0 Å². The number of ether oxygens (including phenoxy) is 1. The third kappa shape index (κ3) is 4.44. The van der Waals surface area contributed by atoms with Crippen LogP contribution in [0.3, 0.4) is 0 Å². The normalized spacial score (nSPS) is 21.3. The average molecular weight is 493 g/mol. The molecule has 0 bridgehead atoms. The van der Waals surface area contributed by atoms with Gasteiger partial charge in [0.1, 0.15) is 28.6 Å². The summed E-state index contributed by atoms with van der Waals surface area (Å²) in [7, 11) is -4.19. The molecule has 5 rings (SSSR count). The molecule has 174 valence electrons. The number of hydrogen-bond acceptors (Lipinski definition) is 7. The number of hydrogen-bond donors (Lipinski definition) is 1. The van der Waals surface area contributed by atoms with Crippen LogP contribution < -0.4 is 9.46 Å². The van der Waals surface area contributed by atoms with Gasteiger partial charge in [-0.25, -0.2) is 22.2 Å². The maximum Gasteiger partial charge on any atom is 0.266 e. The third-order valence-corrected chi connectivity index (χ3v) is 8.21. The summed E-state index contributed by atoms with van der Waals surface area (Å²) in [6.07, 6.45) is 4.84. The number of sulfonamides is 1. The van der Waals surface area contributed by atoms with E-state index in [2.05, 4.69) is 19.0 Å². The van der Waals surface area contributed by atoms with Crippen LogP contribution in [0.25, 0.3) is 0 Å². The lowest BCUT2D eigenvalue weighted by molar-refractivity contribution is 0.0665. The van der Waals surface area contributed by atoms with Crippen LogP contribution in [-0.2, 0) is 10.0 Å². The van der Waals surface area contributed by atoms with Crippen molar-refractivity contribution in [3.8, 4) is 5.75 Å². The predicted molar refractivity (Wildman–Crippen MR) is 120 cm³/mol. The van der Waals surface area contributed by atoms with E-state index in [0.29, 0.717) is 24.3 Å². The number of halogens is 2. The van der Waals surface area contributed by atoms with Crippen LogP contribution in [0.5, 0.6) is 5.75 Å². The van der Waals surface area contributed by atoms with Gasteiger partial charge in [-0.05, 0) is 43.1 Å². The third-order valence-electron chi connectivity index (χ3n) is 6.14. The van der Waals surface area contributed by atoms with E-state index in [9.17, 15) is 12.8 Å². The Bertz CT molecular complexity index is 1240. The molecule has 33 heavy (non-hydrogen) atoms. The van der Waals surface area contributed by atoms with E-state index in [0.717, 1.165) is 42.9 Å². The van der Waals surface area contributed by atoms with Gasteiger partial charge < -0.3 is 4.74 Å². The Labute approximate surface area is 194 Å². The number of aromatic nitrogens is 2. The van der Waals surface area contributed by atoms with Crippen molar-refractivity contribution in [2.45, 2.75) is 42.7 Å². The highest BCUT2D eigenvalue weighted by atomic mass is 32.2. The summed E-state index contributed by atoms with van der Waals surface area (Å²) in [6, 6.07) is 8.97. The molecule has 1 fully saturated rings. The van der Waals surface area contributed by atoms with E-state index >= 15 is 4.39 Å². The van der Waals surface area contributed by atoms with Crippen LogP contribution in [-0.4, -0.2) is 35.8 Å². The molecule has 0 aliphatic carbocycles. The summed E-state index contributed by atoms with van der Waals surface area (Å²) in [6.45, 7) is 1.20. The first-order valence-electron chi connectivity index (χ1n) is 10.7. The molecule has 0 spiro atoms. The summed E-state index contributed by atoms with van der Waals surface area (Å²) in [4.78, 5) is 5.61. The highest BCUT2D eigenvalue weighted by Crippen LogP contribution is 2.44. The monoisotopic (exact) mass is 492 g/mol. The van der Waals surface area contributed by atoms with Gasteiger partial charge in [-0.3, -0.25) is 9.62 Å². The number of rotatable bonds is 5. The summed E-state index contributed by atoms with van der Waals surface area (Å²) in [5.74, 6) is -0.777. The summed E-state index contributed by atoms with van der Waals surface area (Å²) >= 11 is 0.862. The minimum absolute atomic E-state index is 0.0568. The van der Waals surface area contributed by atoms with Crippen LogP contribution in [0.4, 0.5) is 13.9 Å². The van der Waals surface area contributed by atoms with Crippen molar-refractivity contribution >= 4 is 26.7 Å². The fourth-order valence-corrected chi connectivity index (χ4v) is 6.42. The second-order valence-electron chi connectivity index (χ2n) is 8.13. The molecule has 1 saturated heterocycles. The molecule has 11 heteroatoms. The zero-order valence-electron chi connectivity index (χ0n) is 17.6. The topological polar surface area (TPSA) is 84.4 Å². The molecule has 1 aromatic heterocycles. The summed E-state index contributed by atoms with van der Waals surface area (Å²) in [5, 5.41) is 0.0568. The Hall–Kier alpha value is -2.63. The molecule has 2 aliphatic rings. The van der Waals surface area contributed by atoms with Crippen molar-refractivity contribution in [1.29, 1.82) is 0 Å². The number of anilines is 1. The lowest BCUT2D eigenvalue weighted by atomic mass is 9.89. The first-order valence-corrected chi connectivity index (χ1v) is 12.9. The van der Waals surface area contributed by atoms with Crippen molar-refractivity contribution in [2.75, 3.05) is 17.9 Å². The quantitative estimate of drug-likeness (QED) is 0.557. The number of nitrogens with one attached hydrogen (secondary N) is 1.